The highest BCUT2D eigenvalue weighted by molar-refractivity contribution is 5.74. The van der Waals surface area contributed by atoms with Gasteiger partial charge in [-0.1, -0.05) is 0 Å². The molecule has 0 unspecified atom stereocenters. The van der Waals surface area contributed by atoms with Gasteiger partial charge in [0.1, 0.15) is 12.2 Å². The van der Waals surface area contributed by atoms with Crippen molar-refractivity contribution in [2.75, 3.05) is 13.2 Å². The third kappa shape index (κ3) is 7.19. The van der Waals surface area contributed by atoms with E-state index < -0.39 is 24.1 Å². The average Bonchev–Trinajstić information content (AvgIpc) is 2.21. The van der Waals surface area contributed by atoms with Gasteiger partial charge in [0.15, 0.2) is 0 Å². The topological polar surface area (TPSA) is 93.1 Å². The number of carbonyl (C=O) groups is 2. The van der Waals surface area contributed by atoms with Gasteiger partial charge in [-0.05, 0) is 26.7 Å². The molecule has 0 fully saturated rings. The molecule has 2 N–H and O–H groups in total. The van der Waals surface area contributed by atoms with E-state index in [1.54, 1.807) is 0 Å². The van der Waals surface area contributed by atoms with E-state index in [0.717, 1.165) is 0 Å². The molecule has 6 nitrogen and oxygen atoms in total. The number of hydrogen-bond acceptors (Lipinski definition) is 6. The minimum atomic E-state index is -1.12. The second kappa shape index (κ2) is 8.06. The first-order chi connectivity index (χ1) is 7.45. The van der Waals surface area contributed by atoms with E-state index in [-0.39, 0.29) is 13.2 Å². The van der Waals surface area contributed by atoms with Crippen LogP contribution in [-0.2, 0) is 19.1 Å². The number of aliphatic hydroxyl groups excluding tert-OH is 2. The summed E-state index contributed by atoms with van der Waals surface area (Å²) in [5.74, 6) is -1.33. The summed E-state index contributed by atoms with van der Waals surface area (Å²) in [6, 6.07) is 0. The normalized spacial score (nSPS) is 14.0. The second-order valence-electron chi connectivity index (χ2n) is 3.39. The minimum absolute atomic E-state index is 0.177. The first-order valence-corrected chi connectivity index (χ1v) is 5.14. The molecule has 94 valence electrons. The van der Waals surface area contributed by atoms with Gasteiger partial charge in [-0.3, -0.25) is 0 Å². The second-order valence-corrected chi connectivity index (χ2v) is 3.39. The SMILES string of the molecule is C[C@H](O)C(=O)OCCCCOC(=O)[C@H](C)O. The molecule has 0 saturated carbocycles. The standard InChI is InChI=1S/C10H18O6/c1-7(11)9(13)15-5-3-4-6-16-10(14)8(2)12/h7-8,11-12H,3-6H2,1-2H3/t7-,8-/m0/s1. The number of hydrogen-bond donors (Lipinski definition) is 2. The zero-order valence-corrected chi connectivity index (χ0v) is 9.51. The van der Waals surface area contributed by atoms with Crippen LogP contribution < -0.4 is 0 Å². The van der Waals surface area contributed by atoms with Crippen molar-refractivity contribution in [3.63, 3.8) is 0 Å². The van der Waals surface area contributed by atoms with E-state index in [9.17, 15) is 9.59 Å². The van der Waals surface area contributed by atoms with Crippen LogP contribution in [0.4, 0.5) is 0 Å². The van der Waals surface area contributed by atoms with Gasteiger partial charge in [-0.2, -0.15) is 0 Å². The third-order valence-corrected chi connectivity index (χ3v) is 1.71. The summed E-state index contributed by atoms with van der Waals surface area (Å²) < 4.78 is 9.36. The van der Waals surface area contributed by atoms with Crippen molar-refractivity contribution in [1.82, 2.24) is 0 Å². The molecule has 0 spiro atoms. The van der Waals surface area contributed by atoms with Crippen molar-refractivity contribution in [2.24, 2.45) is 0 Å². The van der Waals surface area contributed by atoms with Crippen LogP contribution in [0.3, 0.4) is 0 Å². The molecule has 0 saturated heterocycles. The molecule has 16 heavy (non-hydrogen) atoms. The zero-order chi connectivity index (χ0) is 12.6. The van der Waals surface area contributed by atoms with Crippen LogP contribution in [0, 0.1) is 0 Å². The van der Waals surface area contributed by atoms with Crippen LogP contribution in [0.15, 0.2) is 0 Å². The maximum atomic E-state index is 10.8. The van der Waals surface area contributed by atoms with Crippen molar-refractivity contribution >= 4 is 11.9 Å². The molecule has 0 aliphatic carbocycles. The average molecular weight is 234 g/mol. The Labute approximate surface area is 94.2 Å². The Morgan fingerprint density at radius 2 is 1.25 bits per heavy atom. The quantitative estimate of drug-likeness (QED) is 0.460. The van der Waals surface area contributed by atoms with E-state index in [0.29, 0.717) is 12.8 Å². The zero-order valence-electron chi connectivity index (χ0n) is 9.51. The summed E-state index contributed by atoms with van der Waals surface area (Å²) in [5.41, 5.74) is 0. The van der Waals surface area contributed by atoms with Crippen molar-refractivity contribution in [3.8, 4) is 0 Å². The van der Waals surface area contributed by atoms with E-state index in [1.165, 1.54) is 13.8 Å². The van der Waals surface area contributed by atoms with Crippen LogP contribution in [-0.4, -0.2) is 47.6 Å². The van der Waals surface area contributed by atoms with E-state index in [2.05, 4.69) is 9.47 Å². The molecular weight excluding hydrogens is 216 g/mol. The third-order valence-electron chi connectivity index (χ3n) is 1.71. The van der Waals surface area contributed by atoms with Gasteiger partial charge in [-0.25, -0.2) is 9.59 Å². The fourth-order valence-corrected chi connectivity index (χ4v) is 0.791. The molecule has 0 radical (unpaired) electrons. The molecular formula is C10H18O6. The van der Waals surface area contributed by atoms with Gasteiger partial charge >= 0.3 is 11.9 Å². The van der Waals surface area contributed by atoms with Crippen molar-refractivity contribution < 1.29 is 29.3 Å². The summed E-state index contributed by atoms with van der Waals surface area (Å²) >= 11 is 0. The van der Waals surface area contributed by atoms with Gasteiger partial charge in [-0.15, -0.1) is 0 Å². The largest absolute Gasteiger partial charge is 0.464 e. The lowest BCUT2D eigenvalue weighted by molar-refractivity contribution is -0.154. The lowest BCUT2D eigenvalue weighted by Crippen LogP contribution is -2.21. The summed E-state index contributed by atoms with van der Waals surface area (Å²) in [5, 5.41) is 17.6. The number of carbonyl (C=O) groups excluding carboxylic acids is 2. The number of unbranched alkanes of at least 4 members (excludes halogenated alkanes) is 1. The van der Waals surface area contributed by atoms with Gasteiger partial charge < -0.3 is 19.7 Å². The Balaban J connectivity index is 3.35. The van der Waals surface area contributed by atoms with Crippen molar-refractivity contribution in [1.29, 1.82) is 0 Å². The fourth-order valence-electron chi connectivity index (χ4n) is 0.791. The van der Waals surface area contributed by atoms with Crippen LogP contribution in [0.25, 0.3) is 0 Å². The van der Waals surface area contributed by atoms with Gasteiger partial charge in [0.2, 0.25) is 0 Å². The predicted octanol–water partition coefficient (Wildman–Crippen LogP) is -0.385. The summed E-state index contributed by atoms with van der Waals surface area (Å²) in [6.45, 7) is 3.01. The number of rotatable bonds is 7. The highest BCUT2D eigenvalue weighted by atomic mass is 16.6. The predicted molar refractivity (Wildman–Crippen MR) is 54.5 cm³/mol. The molecule has 0 aromatic heterocycles. The highest BCUT2D eigenvalue weighted by Gasteiger charge is 2.10. The monoisotopic (exact) mass is 234 g/mol. The summed E-state index contributed by atoms with van der Waals surface area (Å²) in [7, 11) is 0. The Kier molecular flexibility index (Phi) is 7.49. The van der Waals surface area contributed by atoms with Crippen LogP contribution in [0.2, 0.25) is 0 Å². The summed E-state index contributed by atoms with van der Waals surface area (Å²) in [4.78, 5) is 21.6. The molecule has 6 heteroatoms. The lowest BCUT2D eigenvalue weighted by atomic mass is 10.3. The van der Waals surface area contributed by atoms with Crippen LogP contribution in [0.1, 0.15) is 26.7 Å². The molecule has 0 amide bonds. The Hall–Kier alpha value is -1.14. The van der Waals surface area contributed by atoms with Gasteiger partial charge in [0.25, 0.3) is 0 Å². The Bertz CT molecular complexity index is 199. The molecule has 0 aromatic rings. The van der Waals surface area contributed by atoms with Crippen LogP contribution in [0.5, 0.6) is 0 Å². The van der Waals surface area contributed by atoms with Crippen molar-refractivity contribution in [2.45, 2.75) is 38.9 Å². The van der Waals surface area contributed by atoms with E-state index in [1.807, 2.05) is 0 Å². The van der Waals surface area contributed by atoms with Crippen molar-refractivity contribution in [3.05, 3.63) is 0 Å². The van der Waals surface area contributed by atoms with Crippen LogP contribution >= 0.6 is 0 Å². The molecule has 2 atom stereocenters. The molecule has 0 aliphatic heterocycles. The van der Waals surface area contributed by atoms with Gasteiger partial charge in [0, 0.05) is 0 Å². The Morgan fingerprint density at radius 3 is 1.50 bits per heavy atom. The molecule has 0 rings (SSSR count). The van der Waals surface area contributed by atoms with E-state index in [4.69, 9.17) is 10.2 Å². The maximum Gasteiger partial charge on any atom is 0.334 e. The number of aliphatic hydroxyl groups is 2. The highest BCUT2D eigenvalue weighted by Crippen LogP contribution is 1.95. The smallest absolute Gasteiger partial charge is 0.334 e. The summed E-state index contributed by atoms with van der Waals surface area (Å²) in [6.07, 6.45) is -1.17. The lowest BCUT2D eigenvalue weighted by Gasteiger charge is -2.07. The molecule has 0 aromatic carbocycles. The molecule has 0 heterocycles. The fraction of sp³-hybridized carbons (Fsp3) is 0.800. The number of ether oxygens (including phenoxy) is 2. The maximum absolute atomic E-state index is 10.8. The van der Waals surface area contributed by atoms with Gasteiger partial charge in [0.05, 0.1) is 13.2 Å². The molecule has 0 aliphatic rings. The minimum Gasteiger partial charge on any atom is -0.464 e. The van der Waals surface area contributed by atoms with E-state index >= 15 is 0 Å². The first-order valence-electron chi connectivity index (χ1n) is 5.14. The number of esters is 2. The Morgan fingerprint density at radius 1 is 0.938 bits per heavy atom. The first kappa shape index (κ1) is 14.9. The molecule has 0 bridgehead atoms.